The number of amides is 2. The number of carboxylic acids is 1. The van der Waals surface area contributed by atoms with E-state index in [0.29, 0.717) is 0 Å². The van der Waals surface area contributed by atoms with Gasteiger partial charge in [-0.2, -0.15) is 0 Å². The molecule has 1 rings (SSSR count). The molecule has 24 heavy (non-hydrogen) atoms. The van der Waals surface area contributed by atoms with E-state index < -0.39 is 36.3 Å². The van der Waals surface area contributed by atoms with E-state index in [1.165, 1.54) is 0 Å². The molecule has 0 aliphatic heterocycles. The van der Waals surface area contributed by atoms with Crippen LogP contribution in [0, 0.1) is 0 Å². The average molecular weight is 337 g/mol. The summed E-state index contributed by atoms with van der Waals surface area (Å²) in [5, 5.41) is 15.4. The van der Waals surface area contributed by atoms with Gasteiger partial charge in [0.2, 0.25) is 0 Å². The van der Waals surface area contributed by atoms with Gasteiger partial charge >= 0.3 is 12.2 Å². The molecule has 1 unspecified atom stereocenters. The van der Waals surface area contributed by atoms with Gasteiger partial charge in [-0.3, -0.25) is 0 Å². The van der Waals surface area contributed by atoms with Crippen LogP contribution in [0.5, 0.6) is 0 Å². The van der Waals surface area contributed by atoms with Gasteiger partial charge in [0.05, 0.1) is 12.0 Å². The molecule has 1 aromatic carbocycles. The Kier molecular flexibility index (Phi) is 7.03. The van der Waals surface area contributed by atoms with Gasteiger partial charge in [0, 0.05) is 6.54 Å². The first kappa shape index (κ1) is 19.3. The Morgan fingerprint density at radius 2 is 1.75 bits per heavy atom. The lowest BCUT2D eigenvalue weighted by Crippen LogP contribution is -2.54. The second kappa shape index (κ2) is 8.76. The summed E-state index contributed by atoms with van der Waals surface area (Å²) in [5.74, 6) is -1.55. The molecule has 0 saturated heterocycles. The monoisotopic (exact) mass is 337 g/mol. The van der Waals surface area contributed by atoms with E-state index in [0.717, 1.165) is 5.56 Å². The fraction of sp³-hybridized carbons (Fsp3) is 0.438. The Labute approximate surface area is 140 Å². The van der Waals surface area contributed by atoms with Crippen molar-refractivity contribution in [1.82, 2.24) is 10.6 Å². The normalized spacial score (nSPS) is 12.0. The Balaban J connectivity index is 2.41. The van der Waals surface area contributed by atoms with Crippen molar-refractivity contribution < 1.29 is 29.0 Å². The summed E-state index contributed by atoms with van der Waals surface area (Å²) in [6, 6.07) is 7.55. The first-order chi connectivity index (χ1) is 11.2. The highest BCUT2D eigenvalue weighted by molar-refractivity contribution is 5.79. The average Bonchev–Trinajstić information content (AvgIpc) is 2.48. The number of hydrogen-bond donors (Lipinski definition) is 2. The quantitative estimate of drug-likeness (QED) is 0.783. The highest BCUT2D eigenvalue weighted by atomic mass is 16.6. The number of carbonyl (C=O) groups excluding carboxylic acids is 3. The molecule has 0 heterocycles. The van der Waals surface area contributed by atoms with Crippen LogP contribution in [-0.4, -0.2) is 36.3 Å². The van der Waals surface area contributed by atoms with Crippen LogP contribution in [0.3, 0.4) is 0 Å². The molecule has 0 aliphatic rings. The van der Waals surface area contributed by atoms with E-state index in [4.69, 9.17) is 9.47 Å². The van der Waals surface area contributed by atoms with Crippen LogP contribution in [0.15, 0.2) is 30.3 Å². The molecule has 2 N–H and O–H groups in total. The minimum absolute atomic E-state index is 0.0438. The van der Waals surface area contributed by atoms with Gasteiger partial charge in [-0.05, 0) is 26.3 Å². The minimum Gasteiger partial charge on any atom is -0.548 e. The molecule has 0 fully saturated rings. The van der Waals surface area contributed by atoms with Crippen LogP contribution in [0.4, 0.5) is 9.59 Å². The molecule has 132 valence electrons. The van der Waals surface area contributed by atoms with Crippen LogP contribution in [0.2, 0.25) is 0 Å². The smallest absolute Gasteiger partial charge is 0.408 e. The zero-order chi connectivity index (χ0) is 18.2. The Hall–Kier alpha value is -2.77. The third kappa shape index (κ3) is 8.02. The molecule has 1 aromatic rings. The SMILES string of the molecule is CC(C)(C)OC(=O)NC(CNC(=O)OCc1ccccc1)C(=O)[O-]. The largest absolute Gasteiger partial charge is 0.548 e. The van der Waals surface area contributed by atoms with E-state index in [2.05, 4.69) is 10.6 Å². The van der Waals surface area contributed by atoms with Crippen molar-refractivity contribution in [3.63, 3.8) is 0 Å². The molecule has 0 aromatic heterocycles. The number of rotatable bonds is 6. The van der Waals surface area contributed by atoms with Crippen molar-refractivity contribution in [2.45, 2.75) is 39.0 Å². The first-order valence-electron chi connectivity index (χ1n) is 7.32. The van der Waals surface area contributed by atoms with E-state index in [1.54, 1.807) is 45.0 Å². The lowest BCUT2D eigenvalue weighted by Gasteiger charge is -2.24. The van der Waals surface area contributed by atoms with E-state index in [1.807, 2.05) is 6.07 Å². The van der Waals surface area contributed by atoms with E-state index >= 15 is 0 Å². The van der Waals surface area contributed by atoms with Crippen molar-refractivity contribution in [2.75, 3.05) is 6.54 Å². The second-order valence-electron chi connectivity index (χ2n) is 5.96. The lowest BCUT2D eigenvalue weighted by molar-refractivity contribution is -0.308. The summed E-state index contributed by atoms with van der Waals surface area (Å²) < 4.78 is 9.88. The van der Waals surface area contributed by atoms with Crippen LogP contribution in [0.25, 0.3) is 0 Å². The van der Waals surface area contributed by atoms with Crippen LogP contribution in [0.1, 0.15) is 26.3 Å². The fourth-order valence-electron chi connectivity index (χ4n) is 1.60. The molecule has 0 saturated carbocycles. The van der Waals surface area contributed by atoms with Gasteiger partial charge in [0.15, 0.2) is 0 Å². The van der Waals surface area contributed by atoms with Crippen molar-refractivity contribution in [3.8, 4) is 0 Å². The predicted octanol–water partition coefficient (Wildman–Crippen LogP) is 0.556. The van der Waals surface area contributed by atoms with Crippen LogP contribution >= 0.6 is 0 Å². The predicted molar refractivity (Wildman–Crippen MR) is 82.8 cm³/mol. The van der Waals surface area contributed by atoms with Gasteiger partial charge in [0.25, 0.3) is 0 Å². The molecule has 8 nitrogen and oxygen atoms in total. The van der Waals surface area contributed by atoms with Crippen molar-refractivity contribution in [1.29, 1.82) is 0 Å². The Morgan fingerprint density at radius 1 is 1.12 bits per heavy atom. The molecule has 0 spiro atoms. The summed E-state index contributed by atoms with van der Waals surface area (Å²) in [4.78, 5) is 34.1. The zero-order valence-corrected chi connectivity index (χ0v) is 13.8. The zero-order valence-electron chi connectivity index (χ0n) is 13.8. The maximum Gasteiger partial charge on any atom is 0.408 e. The van der Waals surface area contributed by atoms with Gasteiger partial charge in [-0.25, -0.2) is 9.59 Å². The van der Waals surface area contributed by atoms with Gasteiger partial charge in [-0.1, -0.05) is 30.3 Å². The summed E-state index contributed by atoms with van der Waals surface area (Å²) in [6.45, 7) is 4.57. The summed E-state index contributed by atoms with van der Waals surface area (Å²) in [7, 11) is 0. The Bertz CT molecular complexity index is 568. The molecule has 0 radical (unpaired) electrons. The number of aliphatic carboxylic acids is 1. The van der Waals surface area contributed by atoms with Crippen LogP contribution in [-0.2, 0) is 20.9 Å². The lowest BCUT2D eigenvalue weighted by atomic mass is 10.2. The standard InChI is InChI=1S/C16H22N2O6/c1-16(2,3)24-15(22)18-12(13(19)20)9-17-14(21)23-10-11-7-5-4-6-8-11/h4-8,12H,9-10H2,1-3H3,(H,17,21)(H,18,22)(H,19,20)/p-1. The minimum atomic E-state index is -1.55. The number of carboxylic acid groups (broad SMARTS) is 1. The first-order valence-corrected chi connectivity index (χ1v) is 7.32. The molecule has 0 bridgehead atoms. The molecule has 0 aliphatic carbocycles. The molecule has 2 amide bonds. The number of carbonyl (C=O) groups is 3. The Morgan fingerprint density at radius 3 is 2.29 bits per heavy atom. The number of alkyl carbamates (subject to hydrolysis) is 2. The molecular formula is C16H21N2O6-. The maximum absolute atomic E-state index is 11.6. The van der Waals surface area contributed by atoms with Crippen molar-refractivity contribution in [2.24, 2.45) is 0 Å². The number of hydrogen-bond acceptors (Lipinski definition) is 6. The summed E-state index contributed by atoms with van der Waals surface area (Å²) in [6.07, 6.45) is -1.73. The highest BCUT2D eigenvalue weighted by Gasteiger charge is 2.20. The number of benzene rings is 1. The second-order valence-corrected chi connectivity index (χ2v) is 5.96. The van der Waals surface area contributed by atoms with Gasteiger partial charge in [0.1, 0.15) is 12.2 Å². The van der Waals surface area contributed by atoms with Gasteiger partial charge in [-0.15, -0.1) is 0 Å². The molecule has 8 heteroatoms. The number of ether oxygens (including phenoxy) is 2. The number of nitrogens with one attached hydrogen (secondary N) is 2. The fourth-order valence-corrected chi connectivity index (χ4v) is 1.60. The topological polar surface area (TPSA) is 117 Å². The molecule has 1 atom stereocenters. The highest BCUT2D eigenvalue weighted by Crippen LogP contribution is 2.06. The maximum atomic E-state index is 11.6. The summed E-state index contributed by atoms with van der Waals surface area (Å²) >= 11 is 0. The van der Waals surface area contributed by atoms with Crippen molar-refractivity contribution >= 4 is 18.2 Å². The van der Waals surface area contributed by atoms with Gasteiger partial charge < -0.3 is 30.0 Å². The van der Waals surface area contributed by atoms with Crippen LogP contribution < -0.4 is 15.7 Å². The molecular weight excluding hydrogens is 316 g/mol. The third-order valence-corrected chi connectivity index (χ3v) is 2.64. The third-order valence-electron chi connectivity index (χ3n) is 2.64. The van der Waals surface area contributed by atoms with E-state index in [9.17, 15) is 19.5 Å². The van der Waals surface area contributed by atoms with Crippen molar-refractivity contribution in [3.05, 3.63) is 35.9 Å². The summed E-state index contributed by atoms with van der Waals surface area (Å²) in [5.41, 5.74) is 0.0128. The van der Waals surface area contributed by atoms with E-state index in [-0.39, 0.29) is 6.61 Å².